The summed E-state index contributed by atoms with van der Waals surface area (Å²) >= 11 is 1.71. The molecule has 22 heavy (non-hydrogen) atoms. The first kappa shape index (κ1) is 15.6. The number of piperidine rings is 1. The highest BCUT2D eigenvalue weighted by Crippen LogP contribution is 2.30. The fourth-order valence-electron chi connectivity index (χ4n) is 3.09. The molecule has 1 unspecified atom stereocenters. The smallest absolute Gasteiger partial charge is 0.177 e. The van der Waals surface area contributed by atoms with Crippen LogP contribution in [-0.4, -0.2) is 37.6 Å². The summed E-state index contributed by atoms with van der Waals surface area (Å²) in [5, 5.41) is 4.27. The van der Waals surface area contributed by atoms with Crippen LogP contribution in [0.1, 0.15) is 30.0 Å². The van der Waals surface area contributed by atoms with Gasteiger partial charge in [-0.1, -0.05) is 0 Å². The largest absolute Gasteiger partial charge is 0.298 e. The molecule has 0 aromatic carbocycles. The Balaban J connectivity index is 1.80. The van der Waals surface area contributed by atoms with Crippen LogP contribution in [0.2, 0.25) is 0 Å². The second kappa shape index (κ2) is 6.48. The van der Waals surface area contributed by atoms with Crippen LogP contribution in [0.15, 0.2) is 40.1 Å². The standard InChI is InChI=1S/C16H20N2O2S2/c1-22(19,20)15-5-2-7-17-16(15)14-4-3-8-18(11-14)10-13-6-9-21-12-13/h2,5-7,9,12,14H,3-4,8,10-11H2,1H3. The number of nitrogens with zero attached hydrogens (tertiary/aromatic N) is 2. The summed E-state index contributed by atoms with van der Waals surface area (Å²) in [5.41, 5.74) is 2.06. The molecule has 0 bridgehead atoms. The van der Waals surface area contributed by atoms with Crippen molar-refractivity contribution in [1.82, 2.24) is 9.88 Å². The Kier molecular flexibility index (Phi) is 4.61. The zero-order valence-corrected chi connectivity index (χ0v) is 14.2. The van der Waals surface area contributed by atoms with Crippen molar-refractivity contribution in [3.8, 4) is 0 Å². The maximum absolute atomic E-state index is 12.0. The molecule has 118 valence electrons. The first-order valence-electron chi connectivity index (χ1n) is 7.42. The minimum absolute atomic E-state index is 0.193. The first-order valence-corrected chi connectivity index (χ1v) is 10.3. The van der Waals surface area contributed by atoms with Crippen LogP contribution in [0, 0.1) is 0 Å². The van der Waals surface area contributed by atoms with Crippen LogP contribution in [-0.2, 0) is 16.4 Å². The van der Waals surface area contributed by atoms with Gasteiger partial charge >= 0.3 is 0 Å². The molecule has 0 spiro atoms. The number of pyridine rings is 1. The van der Waals surface area contributed by atoms with E-state index in [0.29, 0.717) is 4.90 Å². The van der Waals surface area contributed by atoms with Crippen LogP contribution in [0.4, 0.5) is 0 Å². The molecule has 1 atom stereocenters. The highest BCUT2D eigenvalue weighted by atomic mass is 32.2. The predicted octanol–water partition coefficient (Wildman–Crippen LogP) is 2.93. The van der Waals surface area contributed by atoms with Crippen LogP contribution < -0.4 is 0 Å². The molecule has 1 fully saturated rings. The molecule has 0 saturated carbocycles. The minimum atomic E-state index is -3.23. The SMILES string of the molecule is CS(=O)(=O)c1cccnc1C1CCCN(Cc2ccsc2)C1. The van der Waals surface area contributed by atoms with Gasteiger partial charge in [-0.3, -0.25) is 9.88 Å². The number of sulfone groups is 1. The van der Waals surface area contributed by atoms with Crippen molar-refractivity contribution in [3.05, 3.63) is 46.4 Å². The minimum Gasteiger partial charge on any atom is -0.298 e. The van der Waals surface area contributed by atoms with E-state index >= 15 is 0 Å². The Hall–Kier alpha value is -1.24. The van der Waals surface area contributed by atoms with Crippen molar-refractivity contribution < 1.29 is 8.42 Å². The van der Waals surface area contributed by atoms with E-state index in [-0.39, 0.29) is 5.92 Å². The Bertz CT molecular complexity index is 726. The summed E-state index contributed by atoms with van der Waals surface area (Å²) in [7, 11) is -3.23. The molecule has 2 aromatic rings. The van der Waals surface area contributed by atoms with Gasteiger partial charge in [0.05, 0.1) is 10.6 Å². The topological polar surface area (TPSA) is 50.3 Å². The molecular weight excluding hydrogens is 316 g/mol. The second-order valence-electron chi connectivity index (χ2n) is 5.86. The summed E-state index contributed by atoms with van der Waals surface area (Å²) in [6.07, 6.45) is 5.04. The van der Waals surface area contributed by atoms with Crippen molar-refractivity contribution >= 4 is 21.2 Å². The zero-order chi connectivity index (χ0) is 15.6. The monoisotopic (exact) mass is 336 g/mol. The molecule has 2 aromatic heterocycles. The van der Waals surface area contributed by atoms with E-state index in [4.69, 9.17) is 0 Å². The fourth-order valence-corrected chi connectivity index (χ4v) is 4.67. The summed E-state index contributed by atoms with van der Waals surface area (Å²) in [6, 6.07) is 5.53. The van der Waals surface area contributed by atoms with Gasteiger partial charge in [0.1, 0.15) is 0 Å². The third kappa shape index (κ3) is 3.56. The number of rotatable bonds is 4. The van der Waals surface area contributed by atoms with Crippen LogP contribution >= 0.6 is 11.3 Å². The summed E-state index contributed by atoms with van der Waals surface area (Å²) in [5.74, 6) is 0.193. The van der Waals surface area contributed by atoms with E-state index in [9.17, 15) is 8.42 Å². The number of thiophene rings is 1. The fraction of sp³-hybridized carbons (Fsp3) is 0.438. The molecule has 0 radical (unpaired) electrons. The number of likely N-dealkylation sites (tertiary alicyclic amines) is 1. The molecule has 1 aliphatic heterocycles. The van der Waals surface area contributed by atoms with E-state index in [1.165, 1.54) is 11.8 Å². The lowest BCUT2D eigenvalue weighted by molar-refractivity contribution is 0.197. The van der Waals surface area contributed by atoms with E-state index < -0.39 is 9.84 Å². The Labute approximate surface area is 135 Å². The maximum atomic E-state index is 12.0. The van der Waals surface area contributed by atoms with E-state index in [2.05, 4.69) is 26.7 Å². The molecule has 3 heterocycles. The molecule has 6 heteroatoms. The third-order valence-electron chi connectivity index (χ3n) is 4.08. The van der Waals surface area contributed by atoms with Gasteiger partial charge in [-0.15, -0.1) is 0 Å². The van der Waals surface area contributed by atoms with Crippen molar-refractivity contribution in [2.75, 3.05) is 19.3 Å². The maximum Gasteiger partial charge on any atom is 0.177 e. The Morgan fingerprint density at radius 1 is 1.41 bits per heavy atom. The van der Waals surface area contributed by atoms with Gasteiger partial charge in [0.2, 0.25) is 0 Å². The van der Waals surface area contributed by atoms with Crippen molar-refractivity contribution in [2.45, 2.75) is 30.2 Å². The molecule has 1 saturated heterocycles. The highest BCUT2D eigenvalue weighted by molar-refractivity contribution is 7.90. The summed E-state index contributed by atoms with van der Waals surface area (Å²) in [4.78, 5) is 7.18. The molecule has 4 nitrogen and oxygen atoms in total. The predicted molar refractivity (Wildman–Crippen MR) is 88.9 cm³/mol. The molecule has 0 amide bonds. The van der Waals surface area contributed by atoms with Crippen LogP contribution in [0.5, 0.6) is 0 Å². The lowest BCUT2D eigenvalue weighted by atomic mass is 9.94. The van der Waals surface area contributed by atoms with Gasteiger partial charge in [0, 0.05) is 31.5 Å². The van der Waals surface area contributed by atoms with Crippen molar-refractivity contribution in [2.24, 2.45) is 0 Å². The van der Waals surface area contributed by atoms with Gasteiger partial charge < -0.3 is 0 Å². The second-order valence-corrected chi connectivity index (χ2v) is 8.63. The normalized spacial score (nSPS) is 20.1. The first-order chi connectivity index (χ1) is 10.5. The lowest BCUT2D eigenvalue weighted by Gasteiger charge is -2.32. The Morgan fingerprint density at radius 2 is 2.27 bits per heavy atom. The Morgan fingerprint density at radius 3 is 3.00 bits per heavy atom. The summed E-state index contributed by atoms with van der Waals surface area (Å²) in [6.45, 7) is 2.86. The molecule has 1 aliphatic rings. The highest BCUT2D eigenvalue weighted by Gasteiger charge is 2.27. The van der Waals surface area contributed by atoms with Gasteiger partial charge in [0.15, 0.2) is 9.84 Å². The van der Waals surface area contributed by atoms with Crippen molar-refractivity contribution in [1.29, 1.82) is 0 Å². The number of hydrogen-bond donors (Lipinski definition) is 0. The molecular formula is C16H20N2O2S2. The van der Waals surface area contributed by atoms with Gasteiger partial charge in [-0.25, -0.2) is 8.42 Å². The lowest BCUT2D eigenvalue weighted by Crippen LogP contribution is -2.34. The molecule has 0 N–H and O–H groups in total. The van der Waals surface area contributed by atoms with Crippen LogP contribution in [0.3, 0.4) is 0 Å². The molecule has 3 rings (SSSR count). The van der Waals surface area contributed by atoms with Gasteiger partial charge in [-0.2, -0.15) is 11.3 Å². The van der Waals surface area contributed by atoms with E-state index in [0.717, 1.165) is 38.2 Å². The van der Waals surface area contributed by atoms with Gasteiger partial charge in [-0.05, 0) is 53.9 Å². The number of hydrogen-bond acceptors (Lipinski definition) is 5. The van der Waals surface area contributed by atoms with Gasteiger partial charge in [0.25, 0.3) is 0 Å². The quantitative estimate of drug-likeness (QED) is 0.861. The zero-order valence-electron chi connectivity index (χ0n) is 12.6. The van der Waals surface area contributed by atoms with Crippen LogP contribution in [0.25, 0.3) is 0 Å². The summed E-state index contributed by atoms with van der Waals surface area (Å²) < 4.78 is 24.0. The van der Waals surface area contributed by atoms with E-state index in [1.807, 2.05) is 0 Å². The molecule has 0 aliphatic carbocycles. The third-order valence-corrected chi connectivity index (χ3v) is 5.95. The average molecular weight is 336 g/mol. The van der Waals surface area contributed by atoms with Crippen molar-refractivity contribution in [3.63, 3.8) is 0 Å². The van der Waals surface area contributed by atoms with E-state index in [1.54, 1.807) is 29.7 Å². The number of aromatic nitrogens is 1. The average Bonchev–Trinajstić information content (AvgIpc) is 3.00.